The second-order valence-corrected chi connectivity index (χ2v) is 4.07. The Bertz CT molecular complexity index is 263. The maximum absolute atomic E-state index is 11.3. The number of carbonyl (C=O) groups is 1. The molecule has 1 heterocycles. The van der Waals surface area contributed by atoms with E-state index in [0.29, 0.717) is 19.6 Å². The molecule has 66 valence electrons. The van der Waals surface area contributed by atoms with Gasteiger partial charge in [0.05, 0.1) is 23.2 Å². The molecule has 12 heavy (non-hydrogen) atoms. The average molecular weight is 280 g/mol. The van der Waals surface area contributed by atoms with Crippen LogP contribution in [0.15, 0.2) is 9.15 Å². The van der Waals surface area contributed by atoms with E-state index in [1.807, 2.05) is 6.92 Å². The average Bonchev–Trinajstić information content (AvgIpc) is 2.57. The molecule has 0 saturated carbocycles. The number of hydrogen-bond acceptors (Lipinski definition) is 3. The van der Waals surface area contributed by atoms with E-state index in [-0.39, 0.29) is 5.78 Å². The highest BCUT2D eigenvalue weighted by molar-refractivity contribution is 14.1. The third-order valence-corrected chi connectivity index (χ3v) is 3.86. The number of ether oxygens (including phenoxy) is 2. The van der Waals surface area contributed by atoms with Crippen molar-refractivity contribution in [1.82, 2.24) is 0 Å². The Hall–Kier alpha value is 0.0600. The van der Waals surface area contributed by atoms with Gasteiger partial charge in [0, 0.05) is 5.57 Å². The molecule has 0 aromatic carbocycles. The summed E-state index contributed by atoms with van der Waals surface area (Å²) >= 11 is 2.14. The monoisotopic (exact) mass is 280 g/mol. The van der Waals surface area contributed by atoms with E-state index in [1.165, 1.54) is 0 Å². The number of allylic oxidation sites excluding steroid dienone is 1. The van der Waals surface area contributed by atoms with Gasteiger partial charge < -0.3 is 9.47 Å². The summed E-state index contributed by atoms with van der Waals surface area (Å²) in [6.45, 7) is 3.00. The second kappa shape index (κ2) is 2.78. The van der Waals surface area contributed by atoms with Crippen molar-refractivity contribution in [2.24, 2.45) is 0 Å². The van der Waals surface area contributed by atoms with Gasteiger partial charge in [-0.25, -0.2) is 0 Å². The number of hydrogen-bond donors (Lipinski definition) is 0. The molecule has 0 aromatic heterocycles. The van der Waals surface area contributed by atoms with E-state index in [0.717, 1.165) is 9.15 Å². The van der Waals surface area contributed by atoms with Gasteiger partial charge in [-0.2, -0.15) is 0 Å². The molecule has 0 atom stereocenters. The summed E-state index contributed by atoms with van der Waals surface area (Å²) in [5, 5.41) is 0. The summed E-state index contributed by atoms with van der Waals surface area (Å²) in [7, 11) is 0. The van der Waals surface area contributed by atoms with Crippen molar-refractivity contribution in [2.75, 3.05) is 13.2 Å². The van der Waals surface area contributed by atoms with Crippen molar-refractivity contribution in [2.45, 2.75) is 19.1 Å². The summed E-state index contributed by atoms with van der Waals surface area (Å²) in [6.07, 6.45) is 0.358. The van der Waals surface area contributed by atoms with Gasteiger partial charge in [-0.3, -0.25) is 4.79 Å². The first-order valence-corrected chi connectivity index (χ1v) is 4.91. The zero-order valence-corrected chi connectivity index (χ0v) is 8.88. The molecule has 3 nitrogen and oxygen atoms in total. The van der Waals surface area contributed by atoms with E-state index in [9.17, 15) is 4.79 Å². The quantitative estimate of drug-likeness (QED) is 0.629. The van der Waals surface area contributed by atoms with Crippen LogP contribution < -0.4 is 0 Å². The van der Waals surface area contributed by atoms with Crippen LogP contribution in [0.2, 0.25) is 0 Å². The Kier molecular flexibility index (Phi) is 2.00. The molecule has 2 aliphatic rings. The van der Waals surface area contributed by atoms with Crippen LogP contribution in [0.3, 0.4) is 0 Å². The largest absolute Gasteiger partial charge is 0.343 e. The molecular formula is C8H9IO3. The lowest BCUT2D eigenvalue weighted by molar-refractivity contribution is -0.136. The molecule has 1 fully saturated rings. The van der Waals surface area contributed by atoms with E-state index >= 15 is 0 Å². The molecule has 0 aromatic rings. The minimum absolute atomic E-state index is 0.140. The maximum Gasteiger partial charge on any atom is 0.208 e. The van der Waals surface area contributed by atoms with E-state index in [2.05, 4.69) is 22.6 Å². The van der Waals surface area contributed by atoms with Crippen molar-refractivity contribution < 1.29 is 14.3 Å². The minimum atomic E-state index is -0.693. The van der Waals surface area contributed by atoms with Crippen LogP contribution in [0.1, 0.15) is 13.3 Å². The van der Waals surface area contributed by atoms with Crippen LogP contribution in [0.4, 0.5) is 0 Å². The first-order chi connectivity index (χ1) is 5.66. The standard InChI is InChI=1S/C8H9IO3/c1-5-6(10)4-8(7(5)9)11-2-3-12-8/h2-4H2,1H3. The lowest BCUT2D eigenvalue weighted by atomic mass is 10.2. The van der Waals surface area contributed by atoms with Gasteiger partial charge >= 0.3 is 0 Å². The Morgan fingerprint density at radius 1 is 1.42 bits per heavy atom. The molecule has 0 unspecified atom stereocenters. The zero-order valence-electron chi connectivity index (χ0n) is 6.72. The fraction of sp³-hybridized carbons (Fsp3) is 0.625. The van der Waals surface area contributed by atoms with Crippen LogP contribution in [0, 0.1) is 0 Å². The van der Waals surface area contributed by atoms with Gasteiger partial charge in [-0.1, -0.05) is 0 Å². The molecule has 0 bridgehead atoms. The van der Waals surface area contributed by atoms with Gasteiger partial charge in [0.15, 0.2) is 5.78 Å². The molecule has 0 radical (unpaired) electrons. The third-order valence-electron chi connectivity index (χ3n) is 2.23. The number of Topliss-reactive ketones (excluding diaryl/α,β-unsaturated/α-hetero) is 1. The number of halogens is 1. The summed E-state index contributed by atoms with van der Waals surface area (Å²) in [5.41, 5.74) is 0.789. The summed E-state index contributed by atoms with van der Waals surface area (Å²) in [5.74, 6) is -0.553. The van der Waals surface area contributed by atoms with Crippen molar-refractivity contribution in [3.05, 3.63) is 9.15 Å². The Morgan fingerprint density at radius 3 is 2.42 bits per heavy atom. The minimum Gasteiger partial charge on any atom is -0.343 e. The van der Waals surface area contributed by atoms with E-state index in [1.54, 1.807) is 0 Å². The topological polar surface area (TPSA) is 35.5 Å². The van der Waals surface area contributed by atoms with Crippen molar-refractivity contribution in [3.8, 4) is 0 Å². The van der Waals surface area contributed by atoms with Crippen LogP contribution in [-0.2, 0) is 14.3 Å². The first kappa shape index (κ1) is 8.65. The molecule has 4 heteroatoms. The molecule has 1 aliphatic carbocycles. The molecule has 1 saturated heterocycles. The summed E-state index contributed by atoms with van der Waals surface area (Å²) in [6, 6.07) is 0. The smallest absolute Gasteiger partial charge is 0.208 e. The molecule has 2 rings (SSSR count). The normalized spacial score (nSPS) is 27.7. The van der Waals surface area contributed by atoms with Crippen LogP contribution in [0.5, 0.6) is 0 Å². The van der Waals surface area contributed by atoms with Crippen LogP contribution in [0.25, 0.3) is 0 Å². The Balaban J connectivity index is 2.37. The second-order valence-electron chi connectivity index (χ2n) is 2.99. The molecule has 0 amide bonds. The van der Waals surface area contributed by atoms with Crippen LogP contribution >= 0.6 is 22.6 Å². The lowest BCUT2D eigenvalue weighted by Crippen LogP contribution is -2.28. The highest BCUT2D eigenvalue weighted by Gasteiger charge is 2.47. The van der Waals surface area contributed by atoms with Gasteiger partial charge in [0.2, 0.25) is 5.79 Å². The van der Waals surface area contributed by atoms with Crippen LogP contribution in [-0.4, -0.2) is 24.8 Å². The van der Waals surface area contributed by atoms with Crippen molar-refractivity contribution >= 4 is 28.4 Å². The zero-order chi connectivity index (χ0) is 8.77. The number of rotatable bonds is 0. The van der Waals surface area contributed by atoms with Gasteiger partial charge in [-0.15, -0.1) is 0 Å². The predicted molar refractivity (Wildman–Crippen MR) is 51.0 cm³/mol. The first-order valence-electron chi connectivity index (χ1n) is 3.84. The maximum atomic E-state index is 11.3. The number of carbonyl (C=O) groups excluding carboxylic acids is 1. The summed E-state index contributed by atoms with van der Waals surface area (Å²) < 4.78 is 11.8. The van der Waals surface area contributed by atoms with Gasteiger partial charge in [0.1, 0.15) is 0 Å². The Labute approximate surface area is 84.2 Å². The van der Waals surface area contributed by atoms with Crippen molar-refractivity contribution in [3.63, 3.8) is 0 Å². The highest BCUT2D eigenvalue weighted by Crippen LogP contribution is 2.43. The van der Waals surface area contributed by atoms with Gasteiger partial charge in [0.25, 0.3) is 0 Å². The molecular weight excluding hydrogens is 271 g/mol. The third kappa shape index (κ3) is 1.05. The molecule has 1 spiro atoms. The summed E-state index contributed by atoms with van der Waals surface area (Å²) in [4.78, 5) is 11.3. The lowest BCUT2D eigenvalue weighted by Gasteiger charge is -2.20. The Morgan fingerprint density at radius 2 is 2.00 bits per heavy atom. The van der Waals surface area contributed by atoms with Gasteiger partial charge in [-0.05, 0) is 29.5 Å². The fourth-order valence-corrected chi connectivity index (χ4v) is 2.32. The fourth-order valence-electron chi connectivity index (χ4n) is 1.51. The highest BCUT2D eigenvalue weighted by atomic mass is 127. The number of ketones is 1. The van der Waals surface area contributed by atoms with E-state index < -0.39 is 5.79 Å². The molecule has 0 N–H and O–H groups in total. The SMILES string of the molecule is CC1=C(I)C2(CC1=O)OCCO2. The predicted octanol–water partition coefficient (Wildman–Crippen LogP) is 1.41. The van der Waals surface area contributed by atoms with E-state index in [4.69, 9.17) is 9.47 Å². The molecule has 1 aliphatic heterocycles. The van der Waals surface area contributed by atoms with Crippen molar-refractivity contribution in [1.29, 1.82) is 0 Å².